The zero-order valence-electron chi connectivity index (χ0n) is 8.20. The van der Waals surface area contributed by atoms with Crippen molar-refractivity contribution in [3.8, 4) is 0 Å². The second kappa shape index (κ2) is 3.04. The molecule has 0 aromatic heterocycles. The van der Waals surface area contributed by atoms with Gasteiger partial charge in [0.15, 0.2) is 12.0 Å². The highest BCUT2D eigenvalue weighted by molar-refractivity contribution is 5.97. The van der Waals surface area contributed by atoms with Crippen molar-refractivity contribution in [1.82, 2.24) is 0 Å². The zero-order chi connectivity index (χ0) is 10.5. The lowest BCUT2D eigenvalue weighted by Crippen LogP contribution is -2.21. The van der Waals surface area contributed by atoms with Crippen LogP contribution in [0.15, 0.2) is 0 Å². The monoisotopic (exact) mass is 200 g/mol. The van der Waals surface area contributed by atoms with E-state index in [0.29, 0.717) is 0 Å². The van der Waals surface area contributed by atoms with Crippen LogP contribution in [0.4, 0.5) is 4.39 Å². The highest BCUT2D eigenvalue weighted by Crippen LogP contribution is 2.56. The van der Waals surface area contributed by atoms with E-state index in [0.717, 1.165) is 0 Å². The fraction of sp³-hybridized carbons (Fsp3) is 0.800. The molecule has 0 amide bonds. The molecule has 4 heteroatoms. The molecule has 0 N–H and O–H groups in total. The Bertz CT molecular complexity index is 287. The van der Waals surface area contributed by atoms with Crippen LogP contribution in [0, 0.1) is 17.8 Å². The molecule has 0 radical (unpaired) electrons. The molecule has 0 aromatic rings. The Hall–Kier alpha value is -0.930. The minimum absolute atomic E-state index is 0.0799. The van der Waals surface area contributed by atoms with Crippen molar-refractivity contribution in [1.29, 1.82) is 0 Å². The number of rotatable bonds is 2. The van der Waals surface area contributed by atoms with E-state index in [1.165, 1.54) is 0 Å². The standard InChI is InChI=1S/C10H13FO3/c1-4(2)14-10(13)8-5-3-6(11)9(12)7(5)8/h4-8H,3H2,1-2H3/t5-,6+,7+,8+/m1/s1. The van der Waals surface area contributed by atoms with Gasteiger partial charge in [0, 0.05) is 5.92 Å². The number of esters is 1. The summed E-state index contributed by atoms with van der Waals surface area (Å²) in [6.45, 7) is 3.52. The number of carbonyl (C=O) groups excluding carboxylic acids is 2. The summed E-state index contributed by atoms with van der Waals surface area (Å²) in [5.41, 5.74) is 0. The maximum Gasteiger partial charge on any atom is 0.310 e. The molecule has 14 heavy (non-hydrogen) atoms. The number of hydrogen-bond acceptors (Lipinski definition) is 3. The molecule has 78 valence electrons. The summed E-state index contributed by atoms with van der Waals surface area (Å²) in [6.07, 6.45) is -1.30. The van der Waals surface area contributed by atoms with Crippen LogP contribution in [0.2, 0.25) is 0 Å². The molecule has 0 saturated heterocycles. The lowest BCUT2D eigenvalue weighted by molar-refractivity contribution is -0.151. The summed E-state index contributed by atoms with van der Waals surface area (Å²) in [4.78, 5) is 22.5. The van der Waals surface area contributed by atoms with Crippen molar-refractivity contribution in [2.75, 3.05) is 0 Å². The number of ether oxygens (including phenoxy) is 1. The quantitative estimate of drug-likeness (QED) is 0.627. The van der Waals surface area contributed by atoms with Gasteiger partial charge in [-0.25, -0.2) is 4.39 Å². The van der Waals surface area contributed by atoms with Gasteiger partial charge in [-0.05, 0) is 26.2 Å². The summed E-state index contributed by atoms with van der Waals surface area (Å²) in [5, 5.41) is 0. The van der Waals surface area contributed by atoms with Crippen molar-refractivity contribution < 1.29 is 18.7 Å². The van der Waals surface area contributed by atoms with E-state index in [4.69, 9.17) is 4.74 Å². The van der Waals surface area contributed by atoms with Crippen LogP contribution >= 0.6 is 0 Å². The Morgan fingerprint density at radius 2 is 2.21 bits per heavy atom. The summed E-state index contributed by atoms with van der Waals surface area (Å²) >= 11 is 0. The Morgan fingerprint density at radius 3 is 2.64 bits per heavy atom. The molecule has 2 rings (SSSR count). The molecule has 0 unspecified atom stereocenters. The number of ketones is 1. The van der Waals surface area contributed by atoms with E-state index in [1.54, 1.807) is 13.8 Å². The fourth-order valence-corrected chi connectivity index (χ4v) is 2.25. The van der Waals surface area contributed by atoms with E-state index < -0.39 is 12.0 Å². The van der Waals surface area contributed by atoms with E-state index >= 15 is 0 Å². The lowest BCUT2D eigenvalue weighted by Gasteiger charge is -2.09. The van der Waals surface area contributed by atoms with Gasteiger partial charge in [-0.2, -0.15) is 0 Å². The molecule has 0 spiro atoms. The van der Waals surface area contributed by atoms with E-state index in [-0.39, 0.29) is 36.2 Å². The fourth-order valence-electron chi connectivity index (χ4n) is 2.25. The molecule has 0 aromatic carbocycles. The van der Waals surface area contributed by atoms with Gasteiger partial charge in [-0.15, -0.1) is 0 Å². The normalized spacial score (nSPS) is 39.9. The molecule has 2 saturated carbocycles. The maximum atomic E-state index is 12.8. The van der Waals surface area contributed by atoms with Crippen molar-refractivity contribution in [3.05, 3.63) is 0 Å². The Balaban J connectivity index is 1.94. The molecule has 2 fully saturated rings. The number of alkyl halides is 1. The van der Waals surface area contributed by atoms with E-state index in [1.807, 2.05) is 0 Å². The predicted octanol–water partition coefficient (Wildman–Crippen LogP) is 1.11. The van der Waals surface area contributed by atoms with Crippen molar-refractivity contribution in [2.24, 2.45) is 17.8 Å². The molecule has 0 aliphatic heterocycles. The molecule has 0 heterocycles. The molecular weight excluding hydrogens is 187 g/mol. The Labute approximate surface area is 81.6 Å². The minimum Gasteiger partial charge on any atom is -0.463 e. The van der Waals surface area contributed by atoms with Gasteiger partial charge in [0.2, 0.25) is 0 Å². The van der Waals surface area contributed by atoms with Crippen LogP contribution in [0.5, 0.6) is 0 Å². The smallest absolute Gasteiger partial charge is 0.310 e. The highest BCUT2D eigenvalue weighted by atomic mass is 19.1. The first-order valence-corrected chi connectivity index (χ1v) is 4.90. The topological polar surface area (TPSA) is 43.4 Å². The van der Waals surface area contributed by atoms with Gasteiger partial charge in [0.25, 0.3) is 0 Å². The third-order valence-electron chi connectivity index (χ3n) is 2.91. The van der Waals surface area contributed by atoms with Crippen molar-refractivity contribution in [2.45, 2.75) is 32.5 Å². The predicted molar refractivity (Wildman–Crippen MR) is 46.2 cm³/mol. The van der Waals surface area contributed by atoms with Gasteiger partial charge in [-0.3, -0.25) is 9.59 Å². The minimum atomic E-state index is -1.34. The summed E-state index contributed by atoms with van der Waals surface area (Å²) < 4.78 is 17.8. The molecule has 3 nitrogen and oxygen atoms in total. The highest BCUT2D eigenvalue weighted by Gasteiger charge is 2.66. The largest absolute Gasteiger partial charge is 0.463 e. The van der Waals surface area contributed by atoms with Gasteiger partial charge >= 0.3 is 5.97 Å². The summed E-state index contributed by atoms with van der Waals surface area (Å²) in [7, 11) is 0. The van der Waals surface area contributed by atoms with Crippen molar-refractivity contribution in [3.63, 3.8) is 0 Å². The van der Waals surface area contributed by atoms with E-state index in [2.05, 4.69) is 0 Å². The first-order chi connectivity index (χ1) is 6.52. The Kier molecular flexibility index (Phi) is 2.09. The molecular formula is C10H13FO3. The SMILES string of the molecule is CC(C)OC(=O)[C@H]1[C@@H]2C[C@H](F)C(=O)[C@@H]21. The third-order valence-corrected chi connectivity index (χ3v) is 2.91. The third kappa shape index (κ3) is 1.33. The van der Waals surface area contributed by atoms with Crippen LogP contribution in [-0.2, 0) is 14.3 Å². The average molecular weight is 200 g/mol. The molecule has 2 aliphatic rings. The number of fused-ring (bicyclic) bond motifs is 1. The lowest BCUT2D eigenvalue weighted by atomic mass is 10.1. The van der Waals surface area contributed by atoms with Gasteiger partial charge in [0.05, 0.1) is 12.0 Å². The number of halogens is 1. The first kappa shape index (κ1) is 9.62. The van der Waals surface area contributed by atoms with Crippen molar-refractivity contribution >= 4 is 11.8 Å². The molecule has 2 aliphatic carbocycles. The second-order valence-electron chi connectivity index (χ2n) is 4.31. The Morgan fingerprint density at radius 1 is 1.57 bits per heavy atom. The molecule has 0 bridgehead atoms. The molecule has 4 atom stereocenters. The van der Waals surface area contributed by atoms with Crippen LogP contribution in [0.3, 0.4) is 0 Å². The average Bonchev–Trinajstić information content (AvgIpc) is 2.68. The number of hydrogen-bond donors (Lipinski definition) is 0. The van der Waals surface area contributed by atoms with Gasteiger partial charge in [0.1, 0.15) is 0 Å². The van der Waals surface area contributed by atoms with Gasteiger partial charge in [-0.1, -0.05) is 0 Å². The van der Waals surface area contributed by atoms with E-state index in [9.17, 15) is 14.0 Å². The summed E-state index contributed by atoms with van der Waals surface area (Å²) in [5.74, 6) is -1.55. The van der Waals surface area contributed by atoms with Crippen LogP contribution in [-0.4, -0.2) is 24.0 Å². The number of Topliss-reactive ketones (excluding diaryl/α,β-unsaturated/α-hetero) is 1. The maximum absolute atomic E-state index is 12.8. The van der Waals surface area contributed by atoms with Crippen LogP contribution in [0.1, 0.15) is 20.3 Å². The summed E-state index contributed by atoms with van der Waals surface area (Å²) in [6, 6.07) is 0. The zero-order valence-corrected chi connectivity index (χ0v) is 8.20. The van der Waals surface area contributed by atoms with Crippen LogP contribution in [0.25, 0.3) is 0 Å². The first-order valence-electron chi connectivity index (χ1n) is 4.90. The number of carbonyl (C=O) groups is 2. The second-order valence-corrected chi connectivity index (χ2v) is 4.31. The van der Waals surface area contributed by atoms with Gasteiger partial charge < -0.3 is 4.74 Å². The van der Waals surface area contributed by atoms with Crippen LogP contribution < -0.4 is 0 Å².